The second-order valence-electron chi connectivity index (χ2n) is 10.3. The SMILES string of the molecule is CC(C)(F)CN1CCC(COc2ccc(-c3ccccc3C(=O)NC(=O)[C@H]3CCCN3)cc2)CC1. The van der Waals surface area contributed by atoms with Crippen molar-refractivity contribution in [3.63, 3.8) is 0 Å². The Morgan fingerprint density at radius 2 is 1.80 bits per heavy atom. The summed E-state index contributed by atoms with van der Waals surface area (Å²) in [6, 6.07) is 14.7. The van der Waals surface area contributed by atoms with Crippen molar-refractivity contribution in [1.29, 1.82) is 0 Å². The van der Waals surface area contributed by atoms with Gasteiger partial charge in [0.25, 0.3) is 5.91 Å². The van der Waals surface area contributed by atoms with Crippen LogP contribution in [0.5, 0.6) is 5.75 Å². The number of hydrogen-bond donors (Lipinski definition) is 2. The van der Waals surface area contributed by atoms with E-state index in [2.05, 4.69) is 15.5 Å². The predicted octanol–water partition coefficient (Wildman–Crippen LogP) is 4.20. The van der Waals surface area contributed by atoms with Gasteiger partial charge in [0.2, 0.25) is 5.91 Å². The summed E-state index contributed by atoms with van der Waals surface area (Å²) < 4.78 is 19.9. The maximum absolute atomic E-state index is 13.9. The Bertz CT molecular complexity index is 1000. The van der Waals surface area contributed by atoms with Gasteiger partial charge in [-0.2, -0.15) is 0 Å². The molecule has 2 amide bonds. The maximum atomic E-state index is 13.9. The quantitative estimate of drug-likeness (QED) is 0.553. The lowest BCUT2D eigenvalue weighted by atomic mass is 9.96. The van der Waals surface area contributed by atoms with Gasteiger partial charge in [-0.3, -0.25) is 14.9 Å². The second-order valence-corrected chi connectivity index (χ2v) is 10.3. The Hall–Kier alpha value is -2.77. The lowest BCUT2D eigenvalue weighted by molar-refractivity contribution is -0.121. The van der Waals surface area contributed by atoms with Gasteiger partial charge in [-0.25, -0.2) is 4.39 Å². The summed E-state index contributed by atoms with van der Waals surface area (Å²) in [6.45, 7) is 6.98. The molecular formula is C28H36FN3O3. The second kappa shape index (κ2) is 11.3. The number of halogens is 1. The van der Waals surface area contributed by atoms with E-state index in [1.165, 1.54) is 0 Å². The van der Waals surface area contributed by atoms with Crippen LogP contribution in [0.2, 0.25) is 0 Å². The number of alkyl halides is 1. The summed E-state index contributed by atoms with van der Waals surface area (Å²) in [4.78, 5) is 27.4. The number of ether oxygens (including phenoxy) is 1. The van der Waals surface area contributed by atoms with E-state index in [1.807, 2.05) is 36.4 Å². The Labute approximate surface area is 207 Å². The highest BCUT2D eigenvalue weighted by molar-refractivity contribution is 6.09. The van der Waals surface area contributed by atoms with Gasteiger partial charge in [0, 0.05) is 12.1 Å². The van der Waals surface area contributed by atoms with E-state index in [4.69, 9.17) is 4.74 Å². The standard InChI is InChI=1S/C28H36FN3O3/c1-28(2,29)19-32-16-13-20(14-17-32)18-35-22-11-9-21(10-12-22)23-6-3-4-7-24(23)26(33)31-27(34)25-8-5-15-30-25/h3-4,6-7,9-12,20,25,30H,5,8,13-19H2,1-2H3,(H,31,33,34)/t25-/m1/s1. The minimum absolute atomic E-state index is 0.273. The van der Waals surface area contributed by atoms with Gasteiger partial charge in [0.05, 0.1) is 12.6 Å². The van der Waals surface area contributed by atoms with Gasteiger partial charge in [0.15, 0.2) is 0 Å². The predicted molar refractivity (Wildman–Crippen MR) is 135 cm³/mol. The highest BCUT2D eigenvalue weighted by atomic mass is 19.1. The number of imide groups is 1. The van der Waals surface area contributed by atoms with E-state index in [9.17, 15) is 14.0 Å². The summed E-state index contributed by atoms with van der Waals surface area (Å²) in [5, 5.41) is 5.66. The van der Waals surface area contributed by atoms with Crippen LogP contribution in [0, 0.1) is 5.92 Å². The third-order valence-corrected chi connectivity index (χ3v) is 6.74. The van der Waals surface area contributed by atoms with Gasteiger partial charge in [-0.05, 0) is 94.4 Å². The van der Waals surface area contributed by atoms with Crippen LogP contribution >= 0.6 is 0 Å². The molecule has 0 aliphatic carbocycles. The molecule has 2 aromatic carbocycles. The van der Waals surface area contributed by atoms with Crippen molar-refractivity contribution in [2.45, 2.75) is 51.2 Å². The zero-order valence-electron chi connectivity index (χ0n) is 20.7. The summed E-state index contributed by atoms with van der Waals surface area (Å²) in [7, 11) is 0. The molecule has 0 bridgehead atoms. The molecule has 0 spiro atoms. The van der Waals surface area contributed by atoms with Gasteiger partial charge < -0.3 is 15.0 Å². The van der Waals surface area contributed by atoms with E-state index in [0.717, 1.165) is 62.2 Å². The minimum atomic E-state index is -1.16. The molecular weight excluding hydrogens is 445 g/mol. The van der Waals surface area contributed by atoms with Crippen molar-refractivity contribution < 1.29 is 18.7 Å². The third-order valence-electron chi connectivity index (χ3n) is 6.74. The van der Waals surface area contributed by atoms with Crippen LogP contribution in [0.4, 0.5) is 4.39 Å². The Morgan fingerprint density at radius 3 is 2.46 bits per heavy atom. The molecule has 2 fully saturated rings. The number of amides is 2. The van der Waals surface area contributed by atoms with Crippen LogP contribution in [0.3, 0.4) is 0 Å². The molecule has 2 aromatic rings. The molecule has 0 aromatic heterocycles. The van der Waals surface area contributed by atoms with E-state index in [1.54, 1.807) is 26.0 Å². The number of carbonyl (C=O) groups excluding carboxylic acids is 2. The molecule has 0 unspecified atom stereocenters. The van der Waals surface area contributed by atoms with Crippen molar-refractivity contribution in [3.05, 3.63) is 54.1 Å². The van der Waals surface area contributed by atoms with Crippen molar-refractivity contribution >= 4 is 11.8 Å². The molecule has 6 nitrogen and oxygen atoms in total. The van der Waals surface area contributed by atoms with Crippen LogP contribution in [0.25, 0.3) is 11.1 Å². The summed E-state index contributed by atoms with van der Waals surface area (Å²) in [5.41, 5.74) is 0.965. The first kappa shape index (κ1) is 25.3. The molecule has 2 aliphatic heterocycles. The zero-order valence-corrected chi connectivity index (χ0v) is 20.7. The Kier molecular flexibility index (Phi) is 8.19. The van der Waals surface area contributed by atoms with E-state index >= 15 is 0 Å². The van der Waals surface area contributed by atoms with Crippen LogP contribution < -0.4 is 15.4 Å². The number of carbonyl (C=O) groups is 2. The smallest absolute Gasteiger partial charge is 0.258 e. The zero-order chi connectivity index (χ0) is 24.8. The fourth-order valence-electron chi connectivity index (χ4n) is 4.90. The molecule has 188 valence electrons. The molecule has 2 aliphatic rings. The van der Waals surface area contributed by atoms with Crippen molar-refractivity contribution in [2.75, 3.05) is 32.8 Å². The molecule has 1 atom stereocenters. The number of likely N-dealkylation sites (tertiary alicyclic amines) is 1. The van der Waals surface area contributed by atoms with E-state index < -0.39 is 5.67 Å². The molecule has 0 saturated carbocycles. The van der Waals surface area contributed by atoms with Gasteiger partial charge in [-0.1, -0.05) is 30.3 Å². The normalized spacial score (nSPS) is 19.5. The summed E-state index contributed by atoms with van der Waals surface area (Å²) in [5.74, 6) is 0.586. The first-order valence-corrected chi connectivity index (χ1v) is 12.6. The number of piperidine rings is 1. The summed E-state index contributed by atoms with van der Waals surface area (Å²) >= 11 is 0. The number of benzene rings is 2. The van der Waals surface area contributed by atoms with Gasteiger partial charge >= 0.3 is 0 Å². The Morgan fingerprint density at radius 1 is 1.09 bits per heavy atom. The highest BCUT2D eigenvalue weighted by Gasteiger charge is 2.26. The maximum Gasteiger partial charge on any atom is 0.258 e. The first-order valence-electron chi connectivity index (χ1n) is 12.6. The molecule has 2 N–H and O–H groups in total. The third kappa shape index (κ3) is 7.12. The largest absolute Gasteiger partial charge is 0.493 e. The molecule has 35 heavy (non-hydrogen) atoms. The number of hydrogen-bond acceptors (Lipinski definition) is 5. The molecule has 0 radical (unpaired) electrons. The van der Waals surface area contributed by atoms with Gasteiger partial charge in [0.1, 0.15) is 11.4 Å². The van der Waals surface area contributed by atoms with E-state index in [-0.39, 0.29) is 17.9 Å². The van der Waals surface area contributed by atoms with Crippen LogP contribution in [0.15, 0.2) is 48.5 Å². The van der Waals surface area contributed by atoms with Crippen molar-refractivity contribution in [1.82, 2.24) is 15.5 Å². The van der Waals surface area contributed by atoms with Crippen molar-refractivity contribution in [3.8, 4) is 16.9 Å². The summed E-state index contributed by atoms with van der Waals surface area (Å²) in [6.07, 6.45) is 3.70. The van der Waals surface area contributed by atoms with E-state index in [0.29, 0.717) is 24.6 Å². The fourth-order valence-corrected chi connectivity index (χ4v) is 4.90. The Balaban J connectivity index is 1.32. The minimum Gasteiger partial charge on any atom is -0.493 e. The van der Waals surface area contributed by atoms with Gasteiger partial charge in [-0.15, -0.1) is 0 Å². The molecule has 7 heteroatoms. The molecule has 2 heterocycles. The first-order chi connectivity index (χ1) is 16.8. The number of nitrogens with zero attached hydrogens (tertiary/aromatic N) is 1. The van der Waals surface area contributed by atoms with Crippen LogP contribution in [0.1, 0.15) is 49.9 Å². The average molecular weight is 482 g/mol. The lowest BCUT2D eigenvalue weighted by Crippen LogP contribution is -2.43. The fraction of sp³-hybridized carbons (Fsp3) is 0.500. The molecule has 2 saturated heterocycles. The monoisotopic (exact) mass is 481 g/mol. The van der Waals surface area contributed by atoms with Crippen molar-refractivity contribution in [2.24, 2.45) is 5.92 Å². The molecule has 4 rings (SSSR count). The van der Waals surface area contributed by atoms with Crippen LogP contribution in [-0.2, 0) is 4.79 Å². The number of nitrogens with one attached hydrogen (secondary N) is 2. The lowest BCUT2D eigenvalue weighted by Gasteiger charge is -2.34. The highest BCUT2D eigenvalue weighted by Crippen LogP contribution is 2.27. The average Bonchev–Trinajstić information content (AvgIpc) is 3.38. The number of rotatable bonds is 8. The van der Waals surface area contributed by atoms with Crippen LogP contribution in [-0.4, -0.2) is 61.2 Å². The topological polar surface area (TPSA) is 70.7 Å².